The second-order valence-corrected chi connectivity index (χ2v) is 5.41. The molecule has 0 amide bonds. The van der Waals surface area contributed by atoms with Crippen LogP contribution in [0.4, 0.5) is 19.1 Å². The number of halogens is 3. The van der Waals surface area contributed by atoms with Crippen LogP contribution in [0.2, 0.25) is 0 Å². The Morgan fingerprint density at radius 1 is 0.917 bits per heavy atom. The summed E-state index contributed by atoms with van der Waals surface area (Å²) < 4.78 is 44.7. The highest BCUT2D eigenvalue weighted by Gasteiger charge is 2.34. The van der Waals surface area contributed by atoms with E-state index in [1.54, 1.807) is 0 Å². The minimum atomic E-state index is -4.46. The fourth-order valence-electron chi connectivity index (χ4n) is 1.97. The Kier molecular flexibility index (Phi) is 9.66. The molecule has 0 bridgehead atoms. The molecule has 0 saturated carbocycles. The fraction of sp³-hybridized carbons (Fsp3) is 0.444. The second-order valence-electron chi connectivity index (χ2n) is 4.59. The van der Waals surface area contributed by atoms with Gasteiger partial charge in [-0.2, -0.15) is 13.2 Å². The molecule has 0 aliphatic carbocycles. The predicted molar refractivity (Wildman–Crippen MR) is 96.5 cm³/mol. The first-order valence-electron chi connectivity index (χ1n) is 7.95. The Hall–Kier alpha value is -1.56. The Balaban J connectivity index is 0.00000123. The van der Waals surface area contributed by atoms with Crippen molar-refractivity contribution in [2.75, 3.05) is 4.72 Å². The molecule has 0 aliphatic rings. The summed E-state index contributed by atoms with van der Waals surface area (Å²) in [4.78, 5) is 0.987. The summed E-state index contributed by atoms with van der Waals surface area (Å²) in [5.74, 6) is -0.917. The molecule has 24 heavy (non-hydrogen) atoms. The molecule has 1 heterocycles. The predicted octanol–water partition coefficient (Wildman–Crippen LogP) is 7.40. The van der Waals surface area contributed by atoms with Crippen molar-refractivity contribution in [1.82, 2.24) is 0 Å². The normalized spacial score (nSPS) is 10.2. The van der Waals surface area contributed by atoms with Crippen LogP contribution in [0.3, 0.4) is 0 Å². The maximum atomic E-state index is 12.4. The highest BCUT2D eigenvalue weighted by molar-refractivity contribution is 8.00. The van der Waals surface area contributed by atoms with Gasteiger partial charge in [-0.3, -0.25) is 4.72 Å². The average Bonchev–Trinajstić information content (AvgIpc) is 2.99. The summed E-state index contributed by atoms with van der Waals surface area (Å²) in [5, 5.41) is 0. The Morgan fingerprint density at radius 3 is 1.83 bits per heavy atom. The van der Waals surface area contributed by atoms with Gasteiger partial charge < -0.3 is 4.42 Å². The maximum Gasteiger partial charge on any atom is 0.449 e. The van der Waals surface area contributed by atoms with Crippen molar-refractivity contribution in [3.63, 3.8) is 0 Å². The van der Waals surface area contributed by atoms with Gasteiger partial charge >= 0.3 is 6.18 Å². The standard InChI is InChI=1S/C14H14F3NOS.2C2H6/c1-8-6-9(2)13(10(3)7-8)20-18-12-5-4-11(19-12)14(15,16)17;2*1-2/h4-7,18H,1-3H3;2*1-2H3. The quantitative estimate of drug-likeness (QED) is 0.577. The summed E-state index contributed by atoms with van der Waals surface area (Å²) in [5.41, 5.74) is 3.30. The molecule has 0 atom stereocenters. The molecule has 0 fully saturated rings. The van der Waals surface area contributed by atoms with Gasteiger partial charge in [0.2, 0.25) is 11.6 Å². The van der Waals surface area contributed by atoms with Gasteiger partial charge in [-0.1, -0.05) is 45.4 Å². The van der Waals surface area contributed by atoms with Crippen molar-refractivity contribution < 1.29 is 17.6 Å². The molecule has 0 radical (unpaired) electrons. The number of benzene rings is 1. The monoisotopic (exact) mass is 361 g/mol. The summed E-state index contributed by atoms with van der Waals surface area (Å²) in [7, 11) is 0. The number of anilines is 1. The van der Waals surface area contributed by atoms with Gasteiger partial charge in [0.1, 0.15) is 0 Å². The van der Waals surface area contributed by atoms with Gasteiger partial charge in [-0.25, -0.2) is 0 Å². The van der Waals surface area contributed by atoms with Crippen LogP contribution in [0, 0.1) is 20.8 Å². The fourth-order valence-corrected chi connectivity index (χ4v) is 2.73. The van der Waals surface area contributed by atoms with Crippen molar-refractivity contribution in [2.45, 2.75) is 59.5 Å². The van der Waals surface area contributed by atoms with E-state index in [0.29, 0.717) is 0 Å². The smallest absolute Gasteiger partial charge is 0.435 e. The number of furan rings is 1. The van der Waals surface area contributed by atoms with E-state index in [9.17, 15) is 13.2 Å². The average molecular weight is 361 g/mol. The van der Waals surface area contributed by atoms with Gasteiger partial charge in [0.05, 0.1) is 0 Å². The van der Waals surface area contributed by atoms with E-state index in [-0.39, 0.29) is 5.88 Å². The van der Waals surface area contributed by atoms with Crippen LogP contribution in [0.1, 0.15) is 50.1 Å². The first-order valence-corrected chi connectivity index (χ1v) is 8.77. The summed E-state index contributed by atoms with van der Waals surface area (Å²) >= 11 is 1.25. The lowest BCUT2D eigenvalue weighted by molar-refractivity contribution is -0.152. The number of rotatable bonds is 3. The molecule has 0 aliphatic heterocycles. The molecule has 0 saturated heterocycles. The first-order chi connectivity index (χ1) is 11.3. The molecule has 2 nitrogen and oxygen atoms in total. The van der Waals surface area contributed by atoms with Crippen LogP contribution in [0.15, 0.2) is 33.6 Å². The van der Waals surface area contributed by atoms with Crippen molar-refractivity contribution >= 4 is 17.8 Å². The lowest BCUT2D eigenvalue weighted by Crippen LogP contribution is -2.02. The molecule has 0 spiro atoms. The lowest BCUT2D eigenvalue weighted by Gasteiger charge is -2.10. The summed E-state index contributed by atoms with van der Waals surface area (Å²) in [6.45, 7) is 13.9. The number of aryl methyl sites for hydroxylation is 3. The third-order valence-electron chi connectivity index (χ3n) is 2.74. The van der Waals surface area contributed by atoms with E-state index in [0.717, 1.165) is 27.7 Å². The maximum absolute atomic E-state index is 12.4. The van der Waals surface area contributed by atoms with Crippen LogP contribution < -0.4 is 4.72 Å². The SMILES string of the molecule is CC.CC.Cc1cc(C)c(SNc2ccc(C(F)(F)F)o2)c(C)c1. The van der Waals surface area contributed by atoms with E-state index in [2.05, 4.69) is 4.72 Å². The second kappa shape index (κ2) is 10.3. The zero-order chi connectivity index (χ0) is 18.9. The van der Waals surface area contributed by atoms with E-state index in [1.165, 1.54) is 18.0 Å². The third-order valence-corrected chi connectivity index (χ3v) is 3.90. The van der Waals surface area contributed by atoms with E-state index < -0.39 is 11.9 Å². The first kappa shape index (κ1) is 22.4. The highest BCUT2D eigenvalue weighted by atomic mass is 32.2. The van der Waals surface area contributed by atoms with Gasteiger partial charge in [0, 0.05) is 11.0 Å². The Bertz CT molecular complexity index is 598. The Labute approximate surface area is 147 Å². The number of nitrogens with one attached hydrogen (secondary N) is 1. The minimum Gasteiger partial charge on any atom is -0.435 e. The molecular formula is C18H26F3NOS. The molecule has 6 heteroatoms. The molecule has 1 N–H and O–H groups in total. The highest BCUT2D eigenvalue weighted by Crippen LogP contribution is 2.34. The summed E-state index contributed by atoms with van der Waals surface area (Å²) in [6.07, 6.45) is -4.46. The van der Waals surface area contributed by atoms with Gasteiger partial charge in [0.25, 0.3) is 0 Å². The largest absolute Gasteiger partial charge is 0.449 e. The zero-order valence-corrected chi connectivity index (χ0v) is 16.1. The lowest BCUT2D eigenvalue weighted by atomic mass is 10.1. The summed E-state index contributed by atoms with van der Waals surface area (Å²) in [6, 6.07) is 6.24. The third kappa shape index (κ3) is 6.51. The molecule has 0 unspecified atom stereocenters. The number of hydrogen-bond acceptors (Lipinski definition) is 3. The minimum absolute atomic E-state index is 0.0849. The molecular weight excluding hydrogens is 335 g/mol. The van der Waals surface area contributed by atoms with Gasteiger partial charge in [-0.05, 0) is 49.9 Å². The van der Waals surface area contributed by atoms with Crippen LogP contribution in [-0.2, 0) is 6.18 Å². The van der Waals surface area contributed by atoms with E-state index in [1.807, 2.05) is 60.6 Å². The molecule has 2 rings (SSSR count). The molecule has 1 aromatic heterocycles. The van der Waals surface area contributed by atoms with Crippen molar-refractivity contribution in [2.24, 2.45) is 0 Å². The van der Waals surface area contributed by atoms with Gasteiger partial charge in [-0.15, -0.1) is 0 Å². The van der Waals surface area contributed by atoms with Crippen LogP contribution in [0.25, 0.3) is 0 Å². The van der Waals surface area contributed by atoms with Crippen LogP contribution in [0.5, 0.6) is 0 Å². The molecule has 2 aromatic rings. The van der Waals surface area contributed by atoms with Crippen molar-refractivity contribution in [1.29, 1.82) is 0 Å². The zero-order valence-electron chi connectivity index (χ0n) is 15.3. The van der Waals surface area contributed by atoms with E-state index >= 15 is 0 Å². The number of hydrogen-bond donors (Lipinski definition) is 1. The number of alkyl halides is 3. The molecule has 1 aromatic carbocycles. The topological polar surface area (TPSA) is 25.2 Å². The van der Waals surface area contributed by atoms with Crippen molar-refractivity contribution in [3.8, 4) is 0 Å². The van der Waals surface area contributed by atoms with Crippen molar-refractivity contribution in [3.05, 3.63) is 46.7 Å². The molecule has 136 valence electrons. The van der Waals surface area contributed by atoms with Gasteiger partial charge in [0.15, 0.2) is 0 Å². The Morgan fingerprint density at radius 2 is 1.42 bits per heavy atom. The van der Waals surface area contributed by atoms with Crippen LogP contribution in [-0.4, -0.2) is 0 Å². The van der Waals surface area contributed by atoms with E-state index in [4.69, 9.17) is 4.42 Å². The van der Waals surface area contributed by atoms with Crippen LogP contribution >= 0.6 is 11.9 Å².